The van der Waals surface area contributed by atoms with Crippen LogP contribution in [0.1, 0.15) is 42.9 Å². The zero-order chi connectivity index (χ0) is 16.8. The zero-order valence-electron chi connectivity index (χ0n) is 13.6. The number of piperidine rings is 1. The molecule has 0 bridgehead atoms. The summed E-state index contributed by atoms with van der Waals surface area (Å²) in [5, 5.41) is 9.61. The van der Waals surface area contributed by atoms with E-state index in [9.17, 15) is 9.90 Å². The predicted octanol–water partition coefficient (Wildman–Crippen LogP) is 3.10. The fraction of sp³-hybridized carbons (Fsp3) is 0.368. The highest BCUT2D eigenvalue weighted by Crippen LogP contribution is 2.32. The van der Waals surface area contributed by atoms with Crippen LogP contribution in [0.5, 0.6) is 0 Å². The number of carboxylic acids is 1. The first-order chi connectivity index (χ1) is 11.8. The highest BCUT2D eigenvalue weighted by molar-refractivity contribution is 5.73. The summed E-state index contributed by atoms with van der Waals surface area (Å²) < 4.78 is 0. The van der Waals surface area contributed by atoms with Gasteiger partial charge in [-0.15, -0.1) is 0 Å². The van der Waals surface area contributed by atoms with Gasteiger partial charge in [0.05, 0.1) is 0 Å². The molecule has 5 heteroatoms. The first-order valence-electron chi connectivity index (χ1n) is 8.37. The molecule has 0 saturated carbocycles. The maximum Gasteiger partial charge on any atom is 0.320 e. The second-order valence-electron chi connectivity index (χ2n) is 6.12. The van der Waals surface area contributed by atoms with Crippen molar-refractivity contribution in [1.82, 2.24) is 14.9 Å². The molecule has 3 rings (SSSR count). The van der Waals surface area contributed by atoms with Gasteiger partial charge in [-0.1, -0.05) is 18.6 Å². The molecule has 0 spiro atoms. The third-order valence-electron chi connectivity index (χ3n) is 4.56. The van der Waals surface area contributed by atoms with Crippen LogP contribution in [0, 0.1) is 6.42 Å². The molecular weight excluding hydrogens is 302 g/mol. The summed E-state index contributed by atoms with van der Waals surface area (Å²) in [6.45, 7) is 0.803. The highest BCUT2D eigenvalue weighted by atomic mass is 16.4. The van der Waals surface area contributed by atoms with E-state index in [1.165, 1.54) is 0 Å². The Labute approximate surface area is 142 Å². The Morgan fingerprint density at radius 1 is 1.25 bits per heavy atom. The monoisotopic (exact) mass is 324 g/mol. The van der Waals surface area contributed by atoms with Crippen LogP contribution in [0.2, 0.25) is 0 Å². The van der Waals surface area contributed by atoms with E-state index in [4.69, 9.17) is 0 Å². The number of hydrogen-bond donors (Lipinski definition) is 1. The summed E-state index contributed by atoms with van der Waals surface area (Å²) in [6.07, 6.45) is 12.7. The molecular formula is C19H22N3O2. The Hall–Kier alpha value is -2.27. The van der Waals surface area contributed by atoms with Gasteiger partial charge in [0, 0.05) is 30.8 Å². The summed E-state index contributed by atoms with van der Waals surface area (Å²) in [6, 6.07) is 7.45. The summed E-state index contributed by atoms with van der Waals surface area (Å²) in [4.78, 5) is 22.2. The number of rotatable bonds is 6. The van der Waals surface area contributed by atoms with Gasteiger partial charge in [0.2, 0.25) is 0 Å². The molecule has 1 fully saturated rings. The van der Waals surface area contributed by atoms with E-state index in [0.29, 0.717) is 6.42 Å². The number of nitrogens with zero attached hydrogens (tertiary/aromatic N) is 3. The summed E-state index contributed by atoms with van der Waals surface area (Å²) in [5.74, 6) is -0.732. The van der Waals surface area contributed by atoms with Crippen LogP contribution in [-0.4, -0.2) is 38.5 Å². The van der Waals surface area contributed by atoms with E-state index < -0.39 is 12.0 Å². The average molecular weight is 324 g/mol. The molecule has 2 unspecified atom stereocenters. The van der Waals surface area contributed by atoms with Gasteiger partial charge in [-0.2, -0.15) is 0 Å². The largest absolute Gasteiger partial charge is 0.480 e. The number of carboxylic acid groups (broad SMARTS) is 1. The van der Waals surface area contributed by atoms with Crippen molar-refractivity contribution in [1.29, 1.82) is 0 Å². The molecule has 2 aromatic heterocycles. The van der Waals surface area contributed by atoms with Crippen molar-refractivity contribution in [2.45, 2.75) is 37.8 Å². The number of carbonyl (C=O) groups is 1. The topological polar surface area (TPSA) is 66.3 Å². The van der Waals surface area contributed by atoms with Crippen LogP contribution in [-0.2, 0) is 4.79 Å². The second-order valence-corrected chi connectivity index (χ2v) is 6.12. The van der Waals surface area contributed by atoms with Crippen LogP contribution in [0.15, 0.2) is 49.1 Å². The molecule has 1 aliphatic rings. The number of hydrogen-bond acceptors (Lipinski definition) is 4. The van der Waals surface area contributed by atoms with E-state index >= 15 is 0 Å². The highest BCUT2D eigenvalue weighted by Gasteiger charge is 2.34. The molecule has 24 heavy (non-hydrogen) atoms. The lowest BCUT2D eigenvalue weighted by Gasteiger charge is -2.39. The molecule has 2 atom stereocenters. The van der Waals surface area contributed by atoms with Gasteiger partial charge in [-0.3, -0.25) is 19.7 Å². The van der Waals surface area contributed by atoms with Crippen LogP contribution in [0.3, 0.4) is 0 Å². The molecule has 1 aliphatic heterocycles. The van der Waals surface area contributed by atoms with Gasteiger partial charge in [0.15, 0.2) is 0 Å². The van der Waals surface area contributed by atoms with Gasteiger partial charge >= 0.3 is 5.97 Å². The van der Waals surface area contributed by atoms with Crippen molar-refractivity contribution in [3.63, 3.8) is 0 Å². The van der Waals surface area contributed by atoms with Gasteiger partial charge in [-0.25, -0.2) is 0 Å². The molecule has 125 valence electrons. The van der Waals surface area contributed by atoms with Crippen LogP contribution >= 0.6 is 0 Å². The molecule has 0 aliphatic carbocycles. The van der Waals surface area contributed by atoms with Gasteiger partial charge in [-0.05, 0) is 55.5 Å². The number of aliphatic carboxylic acids is 1. The first-order valence-corrected chi connectivity index (χ1v) is 8.37. The Morgan fingerprint density at radius 2 is 2.04 bits per heavy atom. The molecule has 1 saturated heterocycles. The minimum Gasteiger partial charge on any atom is -0.480 e. The standard InChI is InChI=1S/C19H22N3O2/c23-19(24)18-7-1-2-12-22(18)17(16-6-4-11-21-14-16)9-8-15-5-3-10-20-13-15/h3-6,8,10-11,13-14,17-18H,1-2,7,9,12H2,(H,23,24). The second kappa shape index (κ2) is 8.02. The van der Waals surface area contributed by atoms with E-state index in [1.54, 1.807) is 12.4 Å². The van der Waals surface area contributed by atoms with Crippen LogP contribution in [0.4, 0.5) is 0 Å². The smallest absolute Gasteiger partial charge is 0.320 e. The summed E-state index contributed by atoms with van der Waals surface area (Å²) >= 11 is 0. The van der Waals surface area contributed by atoms with Crippen molar-refractivity contribution in [2.24, 2.45) is 0 Å². The lowest BCUT2D eigenvalue weighted by molar-refractivity contribution is -0.146. The lowest BCUT2D eigenvalue weighted by Crippen LogP contribution is -2.46. The first kappa shape index (κ1) is 16.6. The Bertz CT molecular complexity index is 648. The van der Waals surface area contributed by atoms with Crippen molar-refractivity contribution in [3.05, 3.63) is 66.6 Å². The van der Waals surface area contributed by atoms with Crippen molar-refractivity contribution >= 4 is 5.97 Å². The minimum atomic E-state index is -0.732. The van der Waals surface area contributed by atoms with Gasteiger partial charge < -0.3 is 5.11 Å². The molecule has 1 radical (unpaired) electrons. The number of pyridine rings is 2. The minimum absolute atomic E-state index is 0.0142. The van der Waals surface area contributed by atoms with E-state index in [0.717, 1.165) is 36.9 Å². The zero-order valence-corrected chi connectivity index (χ0v) is 13.6. The van der Waals surface area contributed by atoms with Crippen molar-refractivity contribution in [3.8, 4) is 0 Å². The average Bonchev–Trinajstić information content (AvgIpc) is 2.64. The number of likely N-dealkylation sites (tertiary alicyclic amines) is 1. The van der Waals surface area contributed by atoms with Gasteiger partial charge in [0.1, 0.15) is 6.04 Å². The Kier molecular flexibility index (Phi) is 5.54. The normalized spacial score (nSPS) is 19.8. The molecule has 2 aromatic rings. The van der Waals surface area contributed by atoms with Gasteiger partial charge in [0.25, 0.3) is 0 Å². The third kappa shape index (κ3) is 3.97. The van der Waals surface area contributed by atoms with Crippen LogP contribution in [0.25, 0.3) is 0 Å². The fourth-order valence-electron chi connectivity index (χ4n) is 3.37. The summed E-state index contributed by atoms with van der Waals surface area (Å²) in [7, 11) is 0. The Morgan fingerprint density at radius 3 is 2.71 bits per heavy atom. The van der Waals surface area contributed by atoms with E-state index in [1.807, 2.05) is 36.7 Å². The third-order valence-corrected chi connectivity index (χ3v) is 4.56. The molecule has 5 nitrogen and oxygen atoms in total. The maximum atomic E-state index is 11.7. The SMILES string of the molecule is O=C(O)C1CCCCN1C(C[CH]c1cccnc1)c1cccnc1. The number of aromatic nitrogens is 2. The lowest BCUT2D eigenvalue weighted by atomic mass is 9.93. The molecule has 0 amide bonds. The van der Waals surface area contributed by atoms with E-state index in [-0.39, 0.29) is 6.04 Å². The fourth-order valence-corrected chi connectivity index (χ4v) is 3.37. The molecule has 1 N–H and O–H groups in total. The predicted molar refractivity (Wildman–Crippen MR) is 91.2 cm³/mol. The quantitative estimate of drug-likeness (QED) is 0.884. The molecule has 3 heterocycles. The molecule has 0 aromatic carbocycles. The Balaban J connectivity index is 1.82. The summed E-state index contributed by atoms with van der Waals surface area (Å²) in [5.41, 5.74) is 2.11. The van der Waals surface area contributed by atoms with Crippen LogP contribution < -0.4 is 0 Å². The van der Waals surface area contributed by atoms with Crippen molar-refractivity contribution < 1.29 is 9.90 Å². The van der Waals surface area contributed by atoms with Crippen molar-refractivity contribution in [2.75, 3.05) is 6.54 Å². The maximum absolute atomic E-state index is 11.7. The van der Waals surface area contributed by atoms with E-state index in [2.05, 4.69) is 21.3 Å².